The fraction of sp³-hybridized carbons (Fsp3) is 0.857. The van der Waals surface area contributed by atoms with Crippen LogP contribution >= 0.6 is 12.4 Å². The van der Waals surface area contributed by atoms with Crippen molar-refractivity contribution in [1.29, 1.82) is 0 Å². The molecule has 7 heteroatoms. The summed E-state index contributed by atoms with van der Waals surface area (Å²) in [5, 5.41) is 2.61. The van der Waals surface area contributed by atoms with E-state index in [1.54, 1.807) is 4.90 Å². The van der Waals surface area contributed by atoms with Crippen molar-refractivity contribution in [3.8, 4) is 0 Å². The molecule has 0 spiro atoms. The average Bonchev–Trinajstić information content (AvgIpc) is 2.89. The molecule has 124 valence electrons. The Kier molecular flexibility index (Phi) is 9.57. The minimum absolute atomic E-state index is 0. The highest BCUT2D eigenvalue weighted by atomic mass is 35.5. The predicted octanol–water partition coefficient (Wildman–Crippen LogP) is 0.393. The van der Waals surface area contributed by atoms with Gasteiger partial charge in [-0.3, -0.25) is 9.59 Å². The van der Waals surface area contributed by atoms with Gasteiger partial charge in [-0.2, -0.15) is 0 Å². The number of nitrogens with zero attached hydrogens (tertiary/aromatic N) is 1. The van der Waals surface area contributed by atoms with Gasteiger partial charge in [0.05, 0.1) is 19.2 Å². The molecule has 2 atom stereocenters. The SMILES string of the molecule is CCOCC1CCN(C(=O)CNC(=O)[C@@H](N)C(C)C)C1.Cl. The van der Waals surface area contributed by atoms with E-state index in [1.807, 2.05) is 20.8 Å². The van der Waals surface area contributed by atoms with Crippen LogP contribution in [0.5, 0.6) is 0 Å². The van der Waals surface area contributed by atoms with Crippen LogP contribution in [0.3, 0.4) is 0 Å². The second-order valence-electron chi connectivity index (χ2n) is 5.64. The number of carbonyl (C=O) groups excluding carboxylic acids is 2. The summed E-state index contributed by atoms with van der Waals surface area (Å²) in [6, 6.07) is -0.563. The summed E-state index contributed by atoms with van der Waals surface area (Å²) in [4.78, 5) is 25.5. The Bertz CT molecular complexity index is 339. The van der Waals surface area contributed by atoms with E-state index < -0.39 is 6.04 Å². The summed E-state index contributed by atoms with van der Waals surface area (Å²) in [5.74, 6) is 0.159. The molecule has 0 bridgehead atoms. The number of halogens is 1. The highest BCUT2D eigenvalue weighted by molar-refractivity contribution is 5.87. The molecule has 0 aromatic rings. The Morgan fingerprint density at radius 2 is 2.10 bits per heavy atom. The van der Waals surface area contributed by atoms with Gasteiger partial charge in [0.2, 0.25) is 11.8 Å². The first-order valence-electron chi connectivity index (χ1n) is 7.34. The zero-order chi connectivity index (χ0) is 15.1. The van der Waals surface area contributed by atoms with Gasteiger partial charge in [-0.25, -0.2) is 0 Å². The molecule has 0 aliphatic carbocycles. The predicted molar refractivity (Wildman–Crippen MR) is 84.3 cm³/mol. The van der Waals surface area contributed by atoms with E-state index in [1.165, 1.54) is 0 Å². The second-order valence-corrected chi connectivity index (χ2v) is 5.64. The number of amides is 2. The third-order valence-electron chi connectivity index (χ3n) is 3.63. The fourth-order valence-corrected chi connectivity index (χ4v) is 2.17. The van der Waals surface area contributed by atoms with Crippen molar-refractivity contribution < 1.29 is 14.3 Å². The maximum atomic E-state index is 12.0. The first-order chi connectivity index (χ1) is 9.45. The van der Waals surface area contributed by atoms with E-state index in [2.05, 4.69) is 5.32 Å². The van der Waals surface area contributed by atoms with E-state index >= 15 is 0 Å². The maximum Gasteiger partial charge on any atom is 0.241 e. The number of ether oxygens (including phenoxy) is 1. The minimum Gasteiger partial charge on any atom is -0.381 e. The molecule has 1 unspecified atom stereocenters. The Morgan fingerprint density at radius 3 is 2.67 bits per heavy atom. The highest BCUT2D eigenvalue weighted by Gasteiger charge is 2.26. The number of hydrogen-bond donors (Lipinski definition) is 2. The summed E-state index contributed by atoms with van der Waals surface area (Å²) in [6.45, 7) is 8.60. The van der Waals surface area contributed by atoms with Crippen molar-refractivity contribution >= 4 is 24.2 Å². The maximum absolute atomic E-state index is 12.0. The Morgan fingerprint density at radius 1 is 1.43 bits per heavy atom. The van der Waals surface area contributed by atoms with Crippen molar-refractivity contribution in [2.75, 3.05) is 32.8 Å². The standard InChI is InChI=1S/C14H27N3O3.ClH/c1-4-20-9-11-5-6-17(8-11)12(18)7-16-14(19)13(15)10(2)3;/h10-11,13H,4-9,15H2,1-3H3,(H,16,19);1H/t11?,13-;/m0./s1. The minimum atomic E-state index is -0.563. The topological polar surface area (TPSA) is 84.7 Å². The van der Waals surface area contributed by atoms with Crippen molar-refractivity contribution in [1.82, 2.24) is 10.2 Å². The molecule has 0 aromatic carbocycles. The molecule has 1 rings (SSSR count). The number of hydrogen-bond acceptors (Lipinski definition) is 4. The smallest absolute Gasteiger partial charge is 0.241 e. The molecule has 1 aliphatic heterocycles. The largest absolute Gasteiger partial charge is 0.381 e. The molecule has 3 N–H and O–H groups in total. The Labute approximate surface area is 133 Å². The lowest BCUT2D eigenvalue weighted by atomic mass is 10.1. The molecule has 0 aromatic heterocycles. The van der Waals surface area contributed by atoms with E-state index in [0.29, 0.717) is 25.7 Å². The lowest BCUT2D eigenvalue weighted by Crippen LogP contribution is -2.47. The summed E-state index contributed by atoms with van der Waals surface area (Å²) in [5.41, 5.74) is 5.72. The monoisotopic (exact) mass is 321 g/mol. The van der Waals surface area contributed by atoms with E-state index in [9.17, 15) is 9.59 Å². The zero-order valence-electron chi connectivity index (χ0n) is 13.1. The Balaban J connectivity index is 0.00000400. The van der Waals surface area contributed by atoms with Crippen molar-refractivity contribution in [2.24, 2.45) is 17.6 Å². The molecule has 2 amide bonds. The average molecular weight is 322 g/mol. The van der Waals surface area contributed by atoms with Gasteiger partial charge in [0.25, 0.3) is 0 Å². The number of carbonyl (C=O) groups is 2. The highest BCUT2D eigenvalue weighted by Crippen LogP contribution is 2.16. The van der Waals surface area contributed by atoms with Gasteiger partial charge in [0.1, 0.15) is 0 Å². The van der Waals surface area contributed by atoms with Crippen LogP contribution in [0.1, 0.15) is 27.2 Å². The Hall–Kier alpha value is -0.850. The van der Waals surface area contributed by atoms with Crippen LogP contribution in [0.25, 0.3) is 0 Å². The number of nitrogens with two attached hydrogens (primary N) is 1. The quantitative estimate of drug-likeness (QED) is 0.710. The lowest BCUT2D eigenvalue weighted by molar-refractivity contribution is -0.132. The molecule has 1 aliphatic rings. The number of rotatable bonds is 7. The van der Waals surface area contributed by atoms with Crippen LogP contribution < -0.4 is 11.1 Å². The number of likely N-dealkylation sites (tertiary alicyclic amines) is 1. The van der Waals surface area contributed by atoms with Crippen LogP contribution in [0.15, 0.2) is 0 Å². The molecule has 21 heavy (non-hydrogen) atoms. The van der Waals surface area contributed by atoms with Crippen molar-refractivity contribution in [2.45, 2.75) is 33.2 Å². The van der Waals surface area contributed by atoms with E-state index in [4.69, 9.17) is 10.5 Å². The molecule has 1 saturated heterocycles. The molecular weight excluding hydrogens is 294 g/mol. The third-order valence-corrected chi connectivity index (χ3v) is 3.63. The third kappa shape index (κ3) is 6.63. The fourth-order valence-electron chi connectivity index (χ4n) is 2.17. The number of nitrogens with one attached hydrogen (secondary N) is 1. The zero-order valence-corrected chi connectivity index (χ0v) is 13.9. The van der Waals surface area contributed by atoms with Gasteiger partial charge < -0.3 is 20.7 Å². The van der Waals surface area contributed by atoms with Gasteiger partial charge in [-0.15, -0.1) is 12.4 Å². The first-order valence-corrected chi connectivity index (χ1v) is 7.34. The van der Waals surface area contributed by atoms with Crippen LogP contribution in [-0.2, 0) is 14.3 Å². The lowest BCUT2D eigenvalue weighted by Gasteiger charge is -2.19. The van der Waals surface area contributed by atoms with Gasteiger partial charge in [-0.1, -0.05) is 13.8 Å². The van der Waals surface area contributed by atoms with Gasteiger partial charge in [0, 0.05) is 25.6 Å². The van der Waals surface area contributed by atoms with Crippen LogP contribution in [-0.4, -0.2) is 55.6 Å². The van der Waals surface area contributed by atoms with E-state index in [-0.39, 0.29) is 36.7 Å². The van der Waals surface area contributed by atoms with Crippen LogP contribution in [0.4, 0.5) is 0 Å². The molecule has 0 saturated carbocycles. The molecule has 6 nitrogen and oxygen atoms in total. The second kappa shape index (κ2) is 9.97. The van der Waals surface area contributed by atoms with Gasteiger partial charge >= 0.3 is 0 Å². The summed E-state index contributed by atoms with van der Waals surface area (Å²) < 4.78 is 5.38. The van der Waals surface area contributed by atoms with Gasteiger partial charge in [-0.05, 0) is 19.3 Å². The van der Waals surface area contributed by atoms with Crippen molar-refractivity contribution in [3.63, 3.8) is 0 Å². The van der Waals surface area contributed by atoms with E-state index in [0.717, 1.165) is 13.0 Å². The summed E-state index contributed by atoms with van der Waals surface area (Å²) in [6.07, 6.45) is 0.963. The van der Waals surface area contributed by atoms with Gasteiger partial charge in [0.15, 0.2) is 0 Å². The van der Waals surface area contributed by atoms with Crippen molar-refractivity contribution in [3.05, 3.63) is 0 Å². The summed E-state index contributed by atoms with van der Waals surface area (Å²) in [7, 11) is 0. The first kappa shape index (κ1) is 20.1. The normalized spacial score (nSPS) is 19.3. The summed E-state index contributed by atoms with van der Waals surface area (Å²) >= 11 is 0. The molecule has 1 heterocycles. The van der Waals surface area contributed by atoms with Crippen LogP contribution in [0, 0.1) is 11.8 Å². The van der Waals surface area contributed by atoms with Crippen LogP contribution in [0.2, 0.25) is 0 Å². The molecule has 1 fully saturated rings. The molecular formula is C14H28ClN3O3. The molecule has 0 radical (unpaired) electrons.